The number of methoxy groups -OCH3 is 1. The molecular weight excluding hydrogens is 312 g/mol. The van der Waals surface area contributed by atoms with Gasteiger partial charge in [-0.3, -0.25) is 0 Å². The molecule has 2 rings (SSSR count). The summed E-state index contributed by atoms with van der Waals surface area (Å²) >= 11 is 3.44. The third-order valence-corrected chi connectivity index (χ3v) is 3.84. The second-order valence-electron chi connectivity index (χ2n) is 4.03. The summed E-state index contributed by atoms with van der Waals surface area (Å²) in [6, 6.07) is 1.53. The normalized spacial score (nSPS) is 10.5. The summed E-state index contributed by atoms with van der Waals surface area (Å²) in [4.78, 5) is 16.0. The van der Waals surface area contributed by atoms with Crippen LogP contribution in [0.5, 0.6) is 0 Å². The van der Waals surface area contributed by atoms with Gasteiger partial charge in [-0.2, -0.15) is 5.10 Å². The zero-order chi connectivity index (χ0) is 14.2. The van der Waals surface area contributed by atoms with Crippen LogP contribution >= 0.6 is 15.9 Å². The number of carbonyl (C=O) groups is 1. The topological polar surface area (TPSA) is 83.0 Å². The first-order valence-electron chi connectivity index (χ1n) is 5.51. The zero-order valence-electron chi connectivity index (χ0n) is 10.8. The number of aromatic nitrogens is 3. The summed E-state index contributed by atoms with van der Waals surface area (Å²) in [6.45, 7) is 3.74. The Hall–Kier alpha value is -1.89. The third-order valence-electron chi connectivity index (χ3n) is 2.70. The molecule has 0 fully saturated rings. The number of anilines is 1. The van der Waals surface area contributed by atoms with Crippen molar-refractivity contribution in [3.63, 3.8) is 0 Å². The smallest absolute Gasteiger partial charge is 0.341 e. The van der Waals surface area contributed by atoms with Crippen molar-refractivity contribution in [3.8, 4) is 5.82 Å². The van der Waals surface area contributed by atoms with Crippen molar-refractivity contribution in [2.45, 2.75) is 13.8 Å². The number of carbonyl (C=O) groups excluding carboxylic acids is 1. The molecule has 0 saturated heterocycles. The van der Waals surface area contributed by atoms with Gasteiger partial charge in [0.2, 0.25) is 0 Å². The molecule has 100 valence electrons. The SMILES string of the molecule is COC(=O)c1cc(N)cnc1-n1nc(C)c(Br)c1C. The number of esters is 1. The number of aryl methyl sites for hydroxylation is 1. The quantitative estimate of drug-likeness (QED) is 0.854. The van der Waals surface area contributed by atoms with Gasteiger partial charge in [-0.25, -0.2) is 14.5 Å². The van der Waals surface area contributed by atoms with Crippen LogP contribution in [0.25, 0.3) is 5.82 Å². The Morgan fingerprint density at radius 3 is 2.68 bits per heavy atom. The van der Waals surface area contributed by atoms with Crippen LogP contribution in [0.1, 0.15) is 21.7 Å². The number of nitrogens with zero attached hydrogens (tertiary/aromatic N) is 3. The molecule has 2 aromatic rings. The van der Waals surface area contributed by atoms with E-state index in [1.54, 1.807) is 4.68 Å². The Balaban J connectivity index is 2.68. The average molecular weight is 325 g/mol. The highest BCUT2D eigenvalue weighted by molar-refractivity contribution is 9.10. The van der Waals surface area contributed by atoms with Crippen molar-refractivity contribution >= 4 is 27.6 Å². The van der Waals surface area contributed by atoms with Gasteiger partial charge in [0.15, 0.2) is 5.82 Å². The highest BCUT2D eigenvalue weighted by Crippen LogP contribution is 2.24. The summed E-state index contributed by atoms with van der Waals surface area (Å²) in [6.07, 6.45) is 1.48. The number of halogens is 1. The van der Waals surface area contributed by atoms with Gasteiger partial charge >= 0.3 is 5.97 Å². The molecule has 0 aromatic carbocycles. The number of rotatable bonds is 2. The van der Waals surface area contributed by atoms with Crippen molar-refractivity contribution in [1.29, 1.82) is 0 Å². The minimum Gasteiger partial charge on any atom is -0.465 e. The molecule has 0 spiro atoms. The molecule has 0 bridgehead atoms. The van der Waals surface area contributed by atoms with Gasteiger partial charge in [-0.05, 0) is 35.8 Å². The molecule has 6 nitrogen and oxygen atoms in total. The molecule has 0 unspecified atom stereocenters. The van der Waals surface area contributed by atoms with E-state index in [0.717, 1.165) is 15.9 Å². The molecule has 7 heteroatoms. The van der Waals surface area contributed by atoms with Gasteiger partial charge < -0.3 is 10.5 Å². The van der Waals surface area contributed by atoms with Crippen LogP contribution in [0.15, 0.2) is 16.7 Å². The first kappa shape index (κ1) is 13.5. The van der Waals surface area contributed by atoms with Gasteiger partial charge in [-0.15, -0.1) is 0 Å². The predicted octanol–water partition coefficient (Wildman–Crippen LogP) is 2.02. The van der Waals surface area contributed by atoms with E-state index in [2.05, 4.69) is 26.0 Å². The van der Waals surface area contributed by atoms with Crippen LogP contribution in [-0.2, 0) is 4.74 Å². The lowest BCUT2D eigenvalue weighted by atomic mass is 10.2. The summed E-state index contributed by atoms with van der Waals surface area (Å²) in [5.41, 5.74) is 7.99. The molecule has 0 aliphatic carbocycles. The highest BCUT2D eigenvalue weighted by Gasteiger charge is 2.19. The number of nitrogens with two attached hydrogens (primary N) is 1. The Labute approximate surface area is 118 Å². The number of hydrogen-bond acceptors (Lipinski definition) is 5. The second-order valence-corrected chi connectivity index (χ2v) is 4.82. The van der Waals surface area contributed by atoms with Gasteiger partial charge in [0, 0.05) is 0 Å². The van der Waals surface area contributed by atoms with Gasteiger partial charge in [-0.1, -0.05) is 0 Å². The maximum Gasteiger partial charge on any atom is 0.341 e. The number of pyridine rings is 1. The molecule has 2 N–H and O–H groups in total. The van der Waals surface area contributed by atoms with Crippen LogP contribution in [0.2, 0.25) is 0 Å². The lowest BCUT2D eigenvalue weighted by molar-refractivity contribution is 0.0600. The molecular formula is C12H13BrN4O2. The molecule has 0 aliphatic rings. The molecule has 0 radical (unpaired) electrons. The van der Waals surface area contributed by atoms with Crippen LogP contribution in [0, 0.1) is 13.8 Å². The number of hydrogen-bond donors (Lipinski definition) is 1. The van der Waals surface area contributed by atoms with Crippen LogP contribution in [0.3, 0.4) is 0 Å². The lowest BCUT2D eigenvalue weighted by Crippen LogP contribution is -2.12. The number of nitrogen functional groups attached to an aromatic ring is 1. The van der Waals surface area contributed by atoms with E-state index in [1.165, 1.54) is 19.4 Å². The summed E-state index contributed by atoms with van der Waals surface area (Å²) in [5, 5.41) is 4.35. The lowest BCUT2D eigenvalue weighted by Gasteiger charge is -2.09. The fourth-order valence-electron chi connectivity index (χ4n) is 1.73. The molecule has 0 aliphatic heterocycles. The van der Waals surface area contributed by atoms with E-state index < -0.39 is 5.97 Å². The Morgan fingerprint density at radius 2 is 2.16 bits per heavy atom. The van der Waals surface area contributed by atoms with E-state index in [-0.39, 0.29) is 5.56 Å². The molecule has 2 heterocycles. The largest absolute Gasteiger partial charge is 0.465 e. The van der Waals surface area contributed by atoms with Crippen LogP contribution in [-0.4, -0.2) is 27.8 Å². The zero-order valence-corrected chi connectivity index (χ0v) is 12.4. The predicted molar refractivity (Wildman–Crippen MR) is 74.3 cm³/mol. The molecule has 0 atom stereocenters. The van der Waals surface area contributed by atoms with Crippen molar-refractivity contribution in [2.75, 3.05) is 12.8 Å². The van der Waals surface area contributed by atoms with Crippen molar-refractivity contribution in [2.24, 2.45) is 0 Å². The van der Waals surface area contributed by atoms with E-state index in [9.17, 15) is 4.79 Å². The van der Waals surface area contributed by atoms with Crippen molar-refractivity contribution < 1.29 is 9.53 Å². The van der Waals surface area contributed by atoms with Gasteiger partial charge in [0.05, 0.1) is 34.9 Å². The minimum atomic E-state index is -0.501. The maximum absolute atomic E-state index is 11.8. The summed E-state index contributed by atoms with van der Waals surface area (Å²) in [5.74, 6) is -0.106. The molecule has 0 amide bonds. The first-order chi connectivity index (χ1) is 8.95. The van der Waals surface area contributed by atoms with Crippen molar-refractivity contribution in [3.05, 3.63) is 33.7 Å². The minimum absolute atomic E-state index is 0.278. The molecule has 2 aromatic heterocycles. The fraction of sp³-hybridized carbons (Fsp3) is 0.250. The summed E-state index contributed by atoms with van der Waals surface area (Å²) in [7, 11) is 1.31. The Bertz CT molecular complexity index is 651. The monoisotopic (exact) mass is 324 g/mol. The summed E-state index contributed by atoms with van der Waals surface area (Å²) < 4.78 is 7.21. The Morgan fingerprint density at radius 1 is 1.47 bits per heavy atom. The van der Waals surface area contributed by atoms with E-state index in [1.807, 2.05) is 13.8 Å². The van der Waals surface area contributed by atoms with E-state index in [4.69, 9.17) is 10.5 Å². The van der Waals surface area contributed by atoms with Crippen LogP contribution in [0.4, 0.5) is 5.69 Å². The van der Waals surface area contributed by atoms with Gasteiger partial charge in [0.1, 0.15) is 5.56 Å². The number of ether oxygens (including phenoxy) is 1. The average Bonchev–Trinajstić information content (AvgIpc) is 2.65. The van der Waals surface area contributed by atoms with E-state index >= 15 is 0 Å². The van der Waals surface area contributed by atoms with Crippen molar-refractivity contribution in [1.82, 2.24) is 14.8 Å². The molecule has 19 heavy (non-hydrogen) atoms. The second kappa shape index (κ2) is 5.00. The fourth-order valence-corrected chi connectivity index (χ4v) is 1.98. The highest BCUT2D eigenvalue weighted by atomic mass is 79.9. The van der Waals surface area contributed by atoms with Crippen LogP contribution < -0.4 is 5.73 Å². The standard InChI is InChI=1S/C12H13BrN4O2/c1-6-10(13)7(2)17(16-6)11-9(12(18)19-3)4-8(14)5-15-11/h4-5H,14H2,1-3H3. The maximum atomic E-state index is 11.8. The first-order valence-corrected chi connectivity index (χ1v) is 6.31. The Kier molecular flexibility index (Phi) is 3.57. The van der Waals surface area contributed by atoms with Gasteiger partial charge in [0.25, 0.3) is 0 Å². The molecule has 0 saturated carbocycles. The third kappa shape index (κ3) is 2.33. The van der Waals surface area contributed by atoms with E-state index in [0.29, 0.717) is 11.5 Å².